The van der Waals surface area contributed by atoms with Crippen molar-refractivity contribution in [2.75, 3.05) is 0 Å². The van der Waals surface area contributed by atoms with Crippen LogP contribution < -0.4 is 5.32 Å². The molecule has 0 aliphatic carbocycles. The van der Waals surface area contributed by atoms with Crippen LogP contribution in [-0.2, 0) is 0 Å². The quantitative estimate of drug-likeness (QED) is 0.519. The van der Waals surface area contributed by atoms with E-state index in [-0.39, 0.29) is 18.1 Å². The van der Waals surface area contributed by atoms with Crippen molar-refractivity contribution in [3.8, 4) is 5.69 Å². The minimum Gasteiger partial charge on any atom is -0.352 e. The van der Waals surface area contributed by atoms with Crippen LogP contribution in [0.1, 0.15) is 54.1 Å². The summed E-state index contributed by atoms with van der Waals surface area (Å²) in [6.45, 7) is 10.8. The Morgan fingerprint density at radius 2 is 1.87 bits per heavy atom. The fourth-order valence-electron chi connectivity index (χ4n) is 4.55. The van der Waals surface area contributed by atoms with Crippen molar-refractivity contribution in [1.82, 2.24) is 19.8 Å². The fraction of sp³-hybridized carbons (Fsp3) is 0.333. The van der Waals surface area contributed by atoms with Crippen molar-refractivity contribution in [2.24, 2.45) is 0 Å². The second kappa shape index (κ2) is 8.05. The average molecular weight is 439 g/mol. The monoisotopic (exact) mass is 438 g/mol. The molecule has 2 aromatic heterocycles. The van der Waals surface area contributed by atoms with Crippen LogP contribution in [0.3, 0.4) is 0 Å². The maximum Gasteiger partial charge on any atom is 0.170 e. The van der Waals surface area contributed by atoms with E-state index in [2.05, 4.69) is 72.6 Å². The highest BCUT2D eigenvalue weighted by Gasteiger charge is 2.42. The van der Waals surface area contributed by atoms with Gasteiger partial charge in [-0.3, -0.25) is 4.98 Å². The summed E-state index contributed by atoms with van der Waals surface area (Å²) in [5.74, 6) is 0. The van der Waals surface area contributed by atoms with E-state index in [9.17, 15) is 0 Å². The molecule has 0 spiro atoms. The van der Waals surface area contributed by atoms with Gasteiger partial charge >= 0.3 is 0 Å². The van der Waals surface area contributed by atoms with E-state index < -0.39 is 0 Å². The molecule has 4 nitrogen and oxygen atoms in total. The number of aryl methyl sites for hydroxylation is 1. The highest BCUT2D eigenvalue weighted by atomic mass is 35.5. The molecular formula is C24H27ClN4S. The zero-order chi connectivity index (χ0) is 21.6. The third-order valence-electron chi connectivity index (χ3n) is 5.96. The Kier molecular flexibility index (Phi) is 5.60. The third kappa shape index (κ3) is 3.40. The number of rotatable bonds is 4. The summed E-state index contributed by atoms with van der Waals surface area (Å²) in [7, 11) is 0. The molecule has 6 heteroatoms. The topological polar surface area (TPSA) is 33.1 Å². The van der Waals surface area contributed by atoms with Crippen LogP contribution in [-0.4, -0.2) is 25.6 Å². The zero-order valence-corrected chi connectivity index (χ0v) is 19.6. The molecule has 0 unspecified atom stereocenters. The predicted octanol–water partition coefficient (Wildman–Crippen LogP) is 5.83. The van der Waals surface area contributed by atoms with Crippen molar-refractivity contribution in [3.05, 3.63) is 81.9 Å². The maximum absolute atomic E-state index is 6.43. The van der Waals surface area contributed by atoms with E-state index in [1.165, 1.54) is 17.0 Å². The summed E-state index contributed by atoms with van der Waals surface area (Å²) >= 11 is 12.2. The lowest BCUT2D eigenvalue weighted by molar-refractivity contribution is 0.269. The predicted molar refractivity (Wildman–Crippen MR) is 127 cm³/mol. The molecule has 1 saturated heterocycles. The molecule has 30 heavy (non-hydrogen) atoms. The minimum absolute atomic E-state index is 0.00416. The molecule has 0 bridgehead atoms. The van der Waals surface area contributed by atoms with Crippen molar-refractivity contribution < 1.29 is 0 Å². The molecule has 0 amide bonds. The number of nitrogens with one attached hydrogen (secondary N) is 1. The number of aromatic nitrogens is 2. The van der Waals surface area contributed by atoms with Crippen LogP contribution in [0.25, 0.3) is 5.69 Å². The van der Waals surface area contributed by atoms with Crippen LogP contribution in [0.5, 0.6) is 0 Å². The molecule has 1 N–H and O–H groups in total. The van der Waals surface area contributed by atoms with E-state index in [0.29, 0.717) is 0 Å². The van der Waals surface area contributed by atoms with Gasteiger partial charge in [0.05, 0.1) is 17.8 Å². The molecule has 1 aliphatic rings. The van der Waals surface area contributed by atoms with E-state index in [0.717, 1.165) is 27.1 Å². The Hall–Kier alpha value is -2.37. The molecule has 3 aromatic rings. The Labute approximate surface area is 188 Å². The Morgan fingerprint density at radius 3 is 2.53 bits per heavy atom. The van der Waals surface area contributed by atoms with E-state index in [1.54, 1.807) is 0 Å². The van der Waals surface area contributed by atoms with Gasteiger partial charge < -0.3 is 14.8 Å². The summed E-state index contributed by atoms with van der Waals surface area (Å²) in [4.78, 5) is 6.93. The molecule has 2 atom stereocenters. The van der Waals surface area contributed by atoms with Crippen molar-refractivity contribution in [2.45, 2.75) is 52.7 Å². The normalized spacial score (nSPS) is 18.9. The molecular weight excluding hydrogens is 412 g/mol. The highest BCUT2D eigenvalue weighted by molar-refractivity contribution is 7.80. The second-order valence-electron chi connectivity index (χ2n) is 8.17. The van der Waals surface area contributed by atoms with Crippen LogP contribution in [0.4, 0.5) is 0 Å². The molecule has 1 fully saturated rings. The van der Waals surface area contributed by atoms with Crippen LogP contribution in [0, 0.1) is 20.8 Å². The zero-order valence-electron chi connectivity index (χ0n) is 18.0. The van der Waals surface area contributed by atoms with Gasteiger partial charge in [0.2, 0.25) is 0 Å². The molecule has 0 radical (unpaired) electrons. The van der Waals surface area contributed by atoms with Gasteiger partial charge in [-0.2, -0.15) is 0 Å². The van der Waals surface area contributed by atoms with Gasteiger partial charge in [-0.25, -0.2) is 0 Å². The van der Waals surface area contributed by atoms with Crippen molar-refractivity contribution >= 4 is 28.9 Å². The molecule has 0 saturated carbocycles. The number of halogens is 1. The van der Waals surface area contributed by atoms with E-state index in [1.807, 2.05) is 30.5 Å². The smallest absolute Gasteiger partial charge is 0.170 e. The number of pyridine rings is 1. The Bertz CT molecular complexity index is 1090. The number of hydrogen-bond acceptors (Lipinski definition) is 2. The first-order valence-corrected chi connectivity index (χ1v) is 11.0. The second-order valence-corrected chi connectivity index (χ2v) is 8.97. The molecule has 3 heterocycles. The summed E-state index contributed by atoms with van der Waals surface area (Å²) < 4.78 is 2.30. The van der Waals surface area contributed by atoms with Crippen LogP contribution in [0.2, 0.25) is 5.02 Å². The van der Waals surface area contributed by atoms with E-state index in [4.69, 9.17) is 23.8 Å². The Morgan fingerprint density at radius 1 is 1.10 bits per heavy atom. The molecule has 156 valence electrons. The first-order chi connectivity index (χ1) is 14.3. The van der Waals surface area contributed by atoms with Gasteiger partial charge in [0.1, 0.15) is 0 Å². The van der Waals surface area contributed by atoms with Gasteiger partial charge in [0.25, 0.3) is 0 Å². The third-order valence-corrected chi connectivity index (χ3v) is 6.70. The van der Waals surface area contributed by atoms with Gasteiger partial charge in [0, 0.05) is 34.3 Å². The van der Waals surface area contributed by atoms with Crippen molar-refractivity contribution in [1.29, 1.82) is 0 Å². The van der Waals surface area contributed by atoms with Gasteiger partial charge in [-0.05, 0) is 88.3 Å². The number of nitrogens with zero attached hydrogens (tertiary/aromatic N) is 3. The summed E-state index contributed by atoms with van der Waals surface area (Å²) in [6.07, 6.45) is 1.84. The lowest BCUT2D eigenvalue weighted by Crippen LogP contribution is -2.35. The van der Waals surface area contributed by atoms with Gasteiger partial charge in [-0.1, -0.05) is 23.7 Å². The van der Waals surface area contributed by atoms with E-state index >= 15 is 0 Å². The minimum atomic E-state index is -0.00416. The number of hydrogen-bond donors (Lipinski definition) is 1. The van der Waals surface area contributed by atoms with Crippen LogP contribution in [0.15, 0.2) is 48.7 Å². The molecule has 1 aromatic carbocycles. The first kappa shape index (κ1) is 20.9. The van der Waals surface area contributed by atoms with Gasteiger partial charge in [-0.15, -0.1) is 0 Å². The molecule has 1 aliphatic heterocycles. The van der Waals surface area contributed by atoms with Crippen molar-refractivity contribution in [3.63, 3.8) is 0 Å². The maximum atomic E-state index is 6.43. The summed E-state index contributed by atoms with van der Waals surface area (Å²) in [5.41, 5.74) is 6.81. The standard InChI is InChI=1S/C24H27ClN4S/c1-14(2)28-23(22(27-24(28)30)20-10-6-7-12-26-20)18-13-15(3)29(17(18)5)21-11-8-9-19(25)16(21)4/h6-14,22-23H,1-5H3,(H,27,30)/t22-,23+/m1/s1. The lowest BCUT2D eigenvalue weighted by atomic mass is 9.96. The highest BCUT2D eigenvalue weighted by Crippen LogP contribution is 2.42. The van der Waals surface area contributed by atoms with Crippen LogP contribution >= 0.6 is 23.8 Å². The average Bonchev–Trinajstić information content (AvgIpc) is 3.21. The molecule has 4 rings (SSSR count). The summed E-state index contributed by atoms with van der Waals surface area (Å²) in [6, 6.07) is 14.7. The Balaban J connectivity index is 1.88. The SMILES string of the molecule is Cc1c(Cl)cccc1-n1c(C)cc([C@H]2[C@@H](c3ccccn3)NC(=S)N2C(C)C)c1C. The first-order valence-electron chi connectivity index (χ1n) is 10.2. The lowest BCUT2D eigenvalue weighted by Gasteiger charge is -2.31. The van der Waals surface area contributed by atoms with Gasteiger partial charge in [0.15, 0.2) is 5.11 Å². The number of benzene rings is 1. The fourth-order valence-corrected chi connectivity index (χ4v) is 5.17. The number of thiocarbonyl (C=S) groups is 1. The largest absolute Gasteiger partial charge is 0.352 e. The summed E-state index contributed by atoms with van der Waals surface area (Å²) in [5, 5.41) is 5.08.